The van der Waals surface area contributed by atoms with E-state index in [0.29, 0.717) is 18.3 Å². The van der Waals surface area contributed by atoms with E-state index in [9.17, 15) is 5.11 Å². The standard InChI is InChI=1S/C18H23N3O4.HI/c1-2-19-18(21-11-14(22)15-4-3-9-23-15)20-8-7-13-5-6-16-17(10-13)25-12-24-16;/h3-6,9-10,14,22H,2,7-8,11-12H2,1H3,(H2,19,20,21);1H. The van der Waals surface area contributed by atoms with Crippen LogP contribution in [0.5, 0.6) is 11.5 Å². The Labute approximate surface area is 169 Å². The summed E-state index contributed by atoms with van der Waals surface area (Å²) in [5.74, 6) is 2.76. The molecule has 2 aromatic rings. The minimum atomic E-state index is -0.751. The summed E-state index contributed by atoms with van der Waals surface area (Å²) in [6, 6.07) is 9.43. The fraction of sp³-hybridized carbons (Fsp3) is 0.389. The second-order valence-electron chi connectivity index (χ2n) is 5.62. The molecule has 1 atom stereocenters. The third-order valence-electron chi connectivity index (χ3n) is 3.78. The van der Waals surface area contributed by atoms with Crippen LogP contribution < -0.4 is 20.1 Å². The van der Waals surface area contributed by atoms with Gasteiger partial charge < -0.3 is 29.6 Å². The van der Waals surface area contributed by atoms with Gasteiger partial charge in [-0.1, -0.05) is 6.07 Å². The maximum atomic E-state index is 10.0. The van der Waals surface area contributed by atoms with E-state index in [-0.39, 0.29) is 37.3 Å². The summed E-state index contributed by atoms with van der Waals surface area (Å²) in [6.07, 6.45) is 1.61. The van der Waals surface area contributed by atoms with E-state index in [2.05, 4.69) is 15.6 Å². The highest BCUT2D eigenvalue weighted by atomic mass is 127. The normalized spacial score (nSPS) is 13.8. The van der Waals surface area contributed by atoms with Gasteiger partial charge in [0.2, 0.25) is 6.79 Å². The van der Waals surface area contributed by atoms with Crippen molar-refractivity contribution in [2.75, 3.05) is 26.4 Å². The van der Waals surface area contributed by atoms with Crippen LogP contribution in [-0.2, 0) is 6.42 Å². The molecule has 0 saturated heterocycles. The predicted octanol–water partition coefficient (Wildman–Crippen LogP) is 2.46. The third-order valence-corrected chi connectivity index (χ3v) is 3.78. The molecule has 1 unspecified atom stereocenters. The number of rotatable bonds is 7. The van der Waals surface area contributed by atoms with E-state index in [4.69, 9.17) is 13.9 Å². The topological polar surface area (TPSA) is 88.3 Å². The molecule has 1 aromatic heterocycles. The number of aliphatic hydroxyl groups excluding tert-OH is 1. The Balaban J connectivity index is 0.00000243. The molecule has 2 heterocycles. The highest BCUT2D eigenvalue weighted by Gasteiger charge is 2.13. The molecule has 0 fully saturated rings. The molecule has 26 heavy (non-hydrogen) atoms. The zero-order valence-corrected chi connectivity index (χ0v) is 16.9. The van der Waals surface area contributed by atoms with Gasteiger partial charge in [-0.15, -0.1) is 24.0 Å². The predicted molar refractivity (Wildman–Crippen MR) is 109 cm³/mol. The van der Waals surface area contributed by atoms with Gasteiger partial charge in [-0.2, -0.15) is 0 Å². The first kappa shape index (κ1) is 20.4. The zero-order valence-electron chi connectivity index (χ0n) is 14.6. The number of hydrogen-bond donors (Lipinski definition) is 3. The molecule has 0 bridgehead atoms. The van der Waals surface area contributed by atoms with Crippen LogP contribution >= 0.6 is 24.0 Å². The number of ether oxygens (including phenoxy) is 2. The van der Waals surface area contributed by atoms with Gasteiger partial charge in [0.25, 0.3) is 0 Å². The van der Waals surface area contributed by atoms with Crippen molar-refractivity contribution in [3.63, 3.8) is 0 Å². The van der Waals surface area contributed by atoms with Crippen LogP contribution in [0, 0.1) is 0 Å². The largest absolute Gasteiger partial charge is 0.467 e. The van der Waals surface area contributed by atoms with Crippen molar-refractivity contribution in [2.45, 2.75) is 19.4 Å². The van der Waals surface area contributed by atoms with Crippen LogP contribution in [0.3, 0.4) is 0 Å². The maximum absolute atomic E-state index is 10.0. The highest BCUT2D eigenvalue weighted by Crippen LogP contribution is 2.32. The number of nitrogens with zero attached hydrogens (tertiary/aromatic N) is 1. The first-order valence-corrected chi connectivity index (χ1v) is 8.38. The fourth-order valence-electron chi connectivity index (χ4n) is 2.51. The number of halogens is 1. The van der Waals surface area contributed by atoms with Crippen molar-refractivity contribution >= 4 is 29.9 Å². The van der Waals surface area contributed by atoms with Gasteiger partial charge in [0.05, 0.1) is 12.8 Å². The third kappa shape index (κ3) is 5.53. The number of aliphatic hydroxyl groups is 1. The molecule has 142 valence electrons. The SMILES string of the molecule is CCNC(=NCC(O)c1ccco1)NCCc1ccc2c(c1)OCO2.I. The average Bonchev–Trinajstić information content (AvgIpc) is 3.30. The molecular weight excluding hydrogens is 449 g/mol. The molecule has 0 amide bonds. The molecule has 1 aromatic carbocycles. The van der Waals surface area contributed by atoms with Crippen LogP contribution in [0.25, 0.3) is 0 Å². The smallest absolute Gasteiger partial charge is 0.231 e. The Morgan fingerprint density at radius 1 is 1.23 bits per heavy atom. The number of nitrogens with one attached hydrogen (secondary N) is 2. The molecule has 3 rings (SSSR count). The highest BCUT2D eigenvalue weighted by molar-refractivity contribution is 14.0. The van der Waals surface area contributed by atoms with Gasteiger partial charge in [-0.05, 0) is 43.2 Å². The second-order valence-corrected chi connectivity index (χ2v) is 5.62. The lowest BCUT2D eigenvalue weighted by Gasteiger charge is -2.12. The Morgan fingerprint density at radius 2 is 2.08 bits per heavy atom. The van der Waals surface area contributed by atoms with E-state index in [1.165, 1.54) is 6.26 Å². The first-order valence-electron chi connectivity index (χ1n) is 8.38. The Bertz CT molecular complexity index is 706. The summed E-state index contributed by atoms with van der Waals surface area (Å²) in [4.78, 5) is 4.40. The number of benzene rings is 1. The number of guanidine groups is 1. The molecule has 1 aliphatic heterocycles. The van der Waals surface area contributed by atoms with Gasteiger partial charge in [-0.25, -0.2) is 0 Å². The monoisotopic (exact) mass is 473 g/mol. The molecule has 0 aliphatic carbocycles. The van der Waals surface area contributed by atoms with Crippen molar-refractivity contribution in [1.82, 2.24) is 10.6 Å². The van der Waals surface area contributed by atoms with Gasteiger partial charge >= 0.3 is 0 Å². The van der Waals surface area contributed by atoms with E-state index >= 15 is 0 Å². The summed E-state index contributed by atoms with van der Waals surface area (Å²) in [5, 5.41) is 16.5. The maximum Gasteiger partial charge on any atom is 0.231 e. The fourth-order valence-corrected chi connectivity index (χ4v) is 2.51. The number of aliphatic imine (C=N–C) groups is 1. The molecule has 3 N–H and O–H groups in total. The minimum absolute atomic E-state index is 0. The zero-order chi connectivity index (χ0) is 17.5. The minimum Gasteiger partial charge on any atom is -0.467 e. The summed E-state index contributed by atoms with van der Waals surface area (Å²) in [7, 11) is 0. The molecule has 7 nitrogen and oxygen atoms in total. The van der Waals surface area contributed by atoms with Crippen molar-refractivity contribution in [2.24, 2.45) is 4.99 Å². The van der Waals surface area contributed by atoms with Crippen LogP contribution in [-0.4, -0.2) is 37.5 Å². The van der Waals surface area contributed by atoms with E-state index < -0.39 is 6.10 Å². The molecule has 1 aliphatic rings. The van der Waals surface area contributed by atoms with Crippen molar-refractivity contribution in [3.8, 4) is 11.5 Å². The first-order chi connectivity index (χ1) is 12.3. The lowest BCUT2D eigenvalue weighted by atomic mass is 10.1. The quantitative estimate of drug-likeness (QED) is 0.326. The van der Waals surface area contributed by atoms with Crippen LogP contribution in [0.15, 0.2) is 46.0 Å². The molecule has 0 spiro atoms. The van der Waals surface area contributed by atoms with Crippen molar-refractivity contribution < 1.29 is 19.0 Å². The van der Waals surface area contributed by atoms with E-state index in [0.717, 1.165) is 30.0 Å². The molecular formula is C18H24IN3O4. The summed E-state index contributed by atoms with van der Waals surface area (Å²) in [6.45, 7) is 3.96. The molecule has 0 saturated carbocycles. The van der Waals surface area contributed by atoms with Crippen molar-refractivity contribution in [1.29, 1.82) is 0 Å². The van der Waals surface area contributed by atoms with Gasteiger partial charge in [0.1, 0.15) is 11.9 Å². The summed E-state index contributed by atoms with van der Waals surface area (Å²) in [5.41, 5.74) is 1.16. The Hall–Kier alpha value is -1.94. The van der Waals surface area contributed by atoms with Gasteiger partial charge in [0, 0.05) is 13.1 Å². The molecule has 8 heteroatoms. The average molecular weight is 473 g/mol. The molecule has 0 radical (unpaired) electrons. The number of fused-ring (bicyclic) bond motifs is 1. The summed E-state index contributed by atoms with van der Waals surface area (Å²) >= 11 is 0. The van der Waals surface area contributed by atoms with Gasteiger partial charge in [-0.3, -0.25) is 4.99 Å². The number of hydrogen-bond acceptors (Lipinski definition) is 5. The van der Waals surface area contributed by atoms with Crippen molar-refractivity contribution in [3.05, 3.63) is 47.9 Å². The van der Waals surface area contributed by atoms with Gasteiger partial charge in [0.15, 0.2) is 17.5 Å². The van der Waals surface area contributed by atoms with E-state index in [1.807, 2.05) is 25.1 Å². The summed E-state index contributed by atoms with van der Waals surface area (Å²) < 4.78 is 15.9. The second kappa shape index (κ2) is 10.3. The number of furan rings is 1. The Morgan fingerprint density at radius 3 is 2.85 bits per heavy atom. The lowest BCUT2D eigenvalue weighted by Crippen LogP contribution is -2.38. The lowest BCUT2D eigenvalue weighted by molar-refractivity contribution is 0.158. The Kier molecular flexibility index (Phi) is 8.05. The van der Waals surface area contributed by atoms with E-state index in [1.54, 1.807) is 12.1 Å². The van der Waals surface area contributed by atoms with Crippen LogP contribution in [0.4, 0.5) is 0 Å². The van der Waals surface area contributed by atoms with Crippen LogP contribution in [0.1, 0.15) is 24.4 Å². The van der Waals surface area contributed by atoms with Crippen LogP contribution in [0.2, 0.25) is 0 Å².